The van der Waals surface area contributed by atoms with Crippen molar-refractivity contribution in [2.75, 3.05) is 0 Å². The van der Waals surface area contributed by atoms with Crippen molar-refractivity contribution in [2.24, 2.45) is 0 Å². The molecule has 0 N–H and O–H groups in total. The lowest BCUT2D eigenvalue weighted by atomic mass is 9.66. The molecule has 0 saturated heterocycles. The molecule has 86 heavy (non-hydrogen) atoms. The van der Waals surface area contributed by atoms with Crippen molar-refractivity contribution >= 4 is 92.9 Å². The molecule has 8 nitrogen and oxygen atoms in total. The SMILES string of the molecule is [C-]#[N+]c1ccc2c(c1)c1ccccc1n2-c1cnc2c(c1)C1(c3ccc(-n4c5ccccc5c5ccccc54)cc3Oc3ccc(-c4ccc5c(c4)c4ccccc4n5-c4cccc(-n5c6ccccc6c6ccccc65)c4)cc31)c1cccnc1-2. The van der Waals surface area contributed by atoms with Crippen molar-refractivity contribution in [3.8, 4) is 56.8 Å². The van der Waals surface area contributed by atoms with Crippen LogP contribution in [0.15, 0.2) is 273 Å². The summed E-state index contributed by atoms with van der Waals surface area (Å²) in [6, 6.07) is 93.9. The molecule has 8 heteroatoms. The fourth-order valence-corrected chi connectivity index (χ4v) is 15.0. The Morgan fingerprint density at radius 3 is 1.37 bits per heavy atom. The minimum atomic E-state index is -0.933. The fraction of sp³-hybridized carbons (Fsp3) is 0.0128. The third-order valence-corrected chi connectivity index (χ3v) is 18.5. The third-order valence-electron chi connectivity index (χ3n) is 18.5. The lowest BCUT2D eigenvalue weighted by Gasteiger charge is -2.39. The summed E-state index contributed by atoms with van der Waals surface area (Å²) < 4.78 is 16.8. The minimum Gasteiger partial charge on any atom is -0.457 e. The van der Waals surface area contributed by atoms with Gasteiger partial charge in [-0.25, -0.2) is 4.85 Å². The summed E-state index contributed by atoms with van der Waals surface area (Å²) in [6.07, 6.45) is 3.87. The first-order valence-corrected chi connectivity index (χ1v) is 29.1. The van der Waals surface area contributed by atoms with Gasteiger partial charge in [-0.05, 0) is 131 Å². The number of ether oxygens (including phenoxy) is 1. The maximum Gasteiger partial charge on any atom is 0.188 e. The van der Waals surface area contributed by atoms with E-state index < -0.39 is 5.41 Å². The molecule has 11 aromatic carbocycles. The van der Waals surface area contributed by atoms with E-state index in [1.807, 2.05) is 24.5 Å². The van der Waals surface area contributed by atoms with Crippen LogP contribution in [0.4, 0.5) is 5.69 Å². The molecule has 19 rings (SSSR count). The van der Waals surface area contributed by atoms with Crippen molar-refractivity contribution in [3.63, 3.8) is 0 Å². The minimum absolute atomic E-state index is 0.602. The van der Waals surface area contributed by atoms with Gasteiger partial charge < -0.3 is 23.0 Å². The first-order valence-electron chi connectivity index (χ1n) is 29.1. The number of para-hydroxylation sites is 6. The molecule has 398 valence electrons. The van der Waals surface area contributed by atoms with Crippen LogP contribution in [0, 0.1) is 6.57 Å². The van der Waals surface area contributed by atoms with Crippen LogP contribution in [0.5, 0.6) is 11.5 Å². The monoisotopic (exact) mass is 1100 g/mol. The van der Waals surface area contributed by atoms with Crippen LogP contribution in [0.25, 0.3) is 137 Å². The summed E-state index contributed by atoms with van der Waals surface area (Å²) in [7, 11) is 0. The Labute approximate surface area is 492 Å². The second kappa shape index (κ2) is 17.4. The smallest absolute Gasteiger partial charge is 0.188 e. The van der Waals surface area contributed by atoms with Gasteiger partial charge in [-0.3, -0.25) is 9.97 Å². The molecule has 1 atom stereocenters. The van der Waals surface area contributed by atoms with Crippen LogP contribution >= 0.6 is 0 Å². The van der Waals surface area contributed by atoms with Crippen molar-refractivity contribution in [1.82, 2.24) is 28.2 Å². The van der Waals surface area contributed by atoms with Crippen LogP contribution < -0.4 is 4.74 Å². The Morgan fingerprint density at radius 2 is 0.791 bits per heavy atom. The van der Waals surface area contributed by atoms with Crippen LogP contribution in [0.1, 0.15) is 22.3 Å². The Kier molecular flexibility index (Phi) is 9.45. The van der Waals surface area contributed by atoms with E-state index in [4.69, 9.17) is 21.3 Å². The molecular formula is C78H45N7O. The zero-order valence-electron chi connectivity index (χ0n) is 46.0. The Bertz CT molecular complexity index is 5760. The molecule has 6 aromatic heterocycles. The number of aromatic nitrogens is 6. The molecule has 0 radical (unpaired) electrons. The van der Waals surface area contributed by atoms with Gasteiger partial charge in [-0.1, -0.05) is 146 Å². The highest BCUT2D eigenvalue weighted by molar-refractivity contribution is 6.13. The van der Waals surface area contributed by atoms with Crippen molar-refractivity contribution in [3.05, 3.63) is 307 Å². The van der Waals surface area contributed by atoms with E-state index >= 15 is 0 Å². The van der Waals surface area contributed by atoms with E-state index in [-0.39, 0.29) is 0 Å². The maximum absolute atomic E-state index is 7.92. The number of nitrogens with zero attached hydrogens (tertiary/aromatic N) is 7. The zero-order valence-corrected chi connectivity index (χ0v) is 46.0. The Morgan fingerprint density at radius 1 is 0.314 bits per heavy atom. The Hall–Kier alpha value is -11.8. The van der Waals surface area contributed by atoms with Crippen LogP contribution in [0.2, 0.25) is 0 Å². The second-order valence-corrected chi connectivity index (χ2v) is 22.7. The highest BCUT2D eigenvalue weighted by atomic mass is 16.5. The average molecular weight is 1100 g/mol. The number of hydrogen-bond donors (Lipinski definition) is 0. The van der Waals surface area contributed by atoms with Gasteiger partial charge in [0.05, 0.1) is 79.4 Å². The zero-order chi connectivity index (χ0) is 56.4. The maximum atomic E-state index is 7.92. The van der Waals surface area contributed by atoms with E-state index in [0.717, 1.165) is 128 Å². The van der Waals surface area contributed by atoms with Gasteiger partial charge in [-0.15, -0.1) is 0 Å². The van der Waals surface area contributed by atoms with Crippen LogP contribution in [0.3, 0.4) is 0 Å². The summed E-state index contributed by atoms with van der Waals surface area (Å²) >= 11 is 0. The fourth-order valence-electron chi connectivity index (χ4n) is 15.0. The Balaban J connectivity index is 0.828. The molecule has 1 unspecified atom stereocenters. The van der Waals surface area contributed by atoms with Crippen molar-refractivity contribution in [1.29, 1.82) is 0 Å². The predicted octanol–water partition coefficient (Wildman–Crippen LogP) is 19.6. The largest absolute Gasteiger partial charge is 0.457 e. The standard InChI is InChI=1S/C78H45N7O/c1-79-49-33-37-73-61(42-49)59-23-7-13-30-71(59)85(73)53-44-65-77(81-46-53)76-63(24-15-39-80-76)78(65)62-35-34-52(84-68-27-10-4-20-56(68)57-21-5-11-28-69(57)84)45-75(62)86-74-38-32-48(41-64(74)78)47-31-36-72-60(40-47)58-22-6-12-29-70(58)83(72)51-17-14-16-50(43-51)82-66-25-8-2-18-54(66)55-19-3-9-26-67(55)82/h2-46H. The summed E-state index contributed by atoms with van der Waals surface area (Å²) in [5.74, 6) is 1.52. The molecule has 0 bridgehead atoms. The molecule has 0 fully saturated rings. The van der Waals surface area contributed by atoms with E-state index in [9.17, 15) is 0 Å². The highest BCUT2D eigenvalue weighted by Crippen LogP contribution is 2.62. The number of rotatable bonds is 5. The van der Waals surface area contributed by atoms with Gasteiger partial charge in [0.25, 0.3) is 0 Å². The highest BCUT2D eigenvalue weighted by Gasteiger charge is 2.53. The first-order chi connectivity index (χ1) is 42.6. The quantitative estimate of drug-likeness (QED) is 0.161. The molecule has 7 heterocycles. The second-order valence-electron chi connectivity index (χ2n) is 22.7. The molecule has 1 aliphatic carbocycles. The number of hydrogen-bond acceptors (Lipinski definition) is 3. The number of pyridine rings is 2. The summed E-state index contributed by atoms with van der Waals surface area (Å²) in [5, 5.41) is 9.30. The molecular weight excluding hydrogens is 1050 g/mol. The molecule has 0 saturated carbocycles. The summed E-state index contributed by atoms with van der Waals surface area (Å²) in [4.78, 5) is 14.5. The van der Waals surface area contributed by atoms with E-state index in [2.05, 4.69) is 272 Å². The lowest BCUT2D eigenvalue weighted by molar-refractivity contribution is 0.436. The normalized spacial score (nSPS) is 14.2. The van der Waals surface area contributed by atoms with Gasteiger partial charge in [0, 0.05) is 83.7 Å². The molecule has 1 aliphatic heterocycles. The predicted molar refractivity (Wildman–Crippen MR) is 348 cm³/mol. The van der Waals surface area contributed by atoms with Gasteiger partial charge in [0.2, 0.25) is 0 Å². The van der Waals surface area contributed by atoms with Gasteiger partial charge in [0.1, 0.15) is 11.5 Å². The average Bonchev–Trinajstić information content (AvgIpc) is 1.49. The van der Waals surface area contributed by atoms with E-state index in [0.29, 0.717) is 5.69 Å². The molecule has 17 aromatic rings. The molecule has 2 aliphatic rings. The van der Waals surface area contributed by atoms with Gasteiger partial charge in [0.15, 0.2) is 5.69 Å². The molecule has 1 spiro atoms. The number of benzene rings is 11. The summed E-state index contributed by atoms with van der Waals surface area (Å²) in [5.41, 5.74) is 20.6. The van der Waals surface area contributed by atoms with Gasteiger partial charge >= 0.3 is 0 Å². The van der Waals surface area contributed by atoms with Crippen LogP contribution in [-0.4, -0.2) is 28.2 Å². The number of fused-ring (bicyclic) bond motifs is 21. The topological polar surface area (TPSA) is 59.1 Å². The van der Waals surface area contributed by atoms with E-state index in [1.165, 1.54) is 38.0 Å². The van der Waals surface area contributed by atoms with Crippen molar-refractivity contribution < 1.29 is 4.74 Å². The van der Waals surface area contributed by atoms with Crippen LogP contribution in [-0.2, 0) is 5.41 Å². The lowest BCUT2D eigenvalue weighted by Crippen LogP contribution is -2.32. The van der Waals surface area contributed by atoms with E-state index in [1.54, 1.807) is 0 Å². The first kappa shape index (κ1) is 46.8. The summed E-state index contributed by atoms with van der Waals surface area (Å²) in [6.45, 7) is 7.92. The third kappa shape index (κ3) is 6.24. The molecule has 0 amide bonds. The van der Waals surface area contributed by atoms with Gasteiger partial charge in [-0.2, -0.15) is 0 Å². The van der Waals surface area contributed by atoms with Crippen molar-refractivity contribution in [2.45, 2.75) is 5.41 Å².